The van der Waals surface area contributed by atoms with E-state index in [1.807, 2.05) is 0 Å². The van der Waals surface area contributed by atoms with E-state index in [0.717, 1.165) is 18.2 Å². The summed E-state index contributed by atoms with van der Waals surface area (Å²) in [6, 6.07) is 3.20. The number of hydrogen-bond donors (Lipinski definition) is 2. The molecule has 0 unspecified atom stereocenters. The van der Waals surface area contributed by atoms with Crippen LogP contribution in [0, 0.1) is 24.0 Å². The predicted molar refractivity (Wildman–Crippen MR) is 77.0 cm³/mol. The van der Waals surface area contributed by atoms with E-state index >= 15 is 0 Å². The van der Waals surface area contributed by atoms with Gasteiger partial charge in [-0.15, -0.1) is 0 Å². The van der Waals surface area contributed by atoms with Gasteiger partial charge in [0.05, 0.1) is 9.95 Å². The van der Waals surface area contributed by atoms with Gasteiger partial charge in [-0.05, 0) is 19.9 Å². The van der Waals surface area contributed by atoms with E-state index in [-0.39, 0.29) is 21.4 Å². The summed E-state index contributed by atoms with van der Waals surface area (Å²) >= 11 is 5.83. The van der Waals surface area contributed by atoms with Gasteiger partial charge < -0.3 is 0 Å². The van der Waals surface area contributed by atoms with E-state index in [1.165, 1.54) is 0 Å². The van der Waals surface area contributed by atoms with Gasteiger partial charge in [0.25, 0.3) is 15.7 Å². The first-order chi connectivity index (χ1) is 9.72. The van der Waals surface area contributed by atoms with Crippen molar-refractivity contribution < 1.29 is 13.3 Å². The lowest BCUT2D eigenvalue weighted by atomic mass is 10.3. The van der Waals surface area contributed by atoms with E-state index in [4.69, 9.17) is 11.6 Å². The third-order valence-corrected chi connectivity index (χ3v) is 4.72. The first-order valence-electron chi connectivity index (χ1n) is 5.70. The fraction of sp³-hybridized carbons (Fsp3) is 0.182. The van der Waals surface area contributed by atoms with Crippen molar-refractivity contribution in [1.82, 2.24) is 10.2 Å². The van der Waals surface area contributed by atoms with Crippen molar-refractivity contribution in [3.63, 3.8) is 0 Å². The molecule has 1 heterocycles. The number of anilines is 1. The Morgan fingerprint density at radius 1 is 1.38 bits per heavy atom. The second-order valence-electron chi connectivity index (χ2n) is 4.30. The second kappa shape index (κ2) is 5.34. The molecule has 112 valence electrons. The van der Waals surface area contributed by atoms with Crippen molar-refractivity contribution in [2.45, 2.75) is 18.7 Å². The van der Waals surface area contributed by atoms with Crippen LogP contribution in [0.2, 0.25) is 5.02 Å². The summed E-state index contributed by atoms with van der Waals surface area (Å²) < 4.78 is 26.8. The highest BCUT2D eigenvalue weighted by molar-refractivity contribution is 7.92. The Balaban J connectivity index is 2.47. The second-order valence-corrected chi connectivity index (χ2v) is 6.36. The van der Waals surface area contributed by atoms with E-state index < -0.39 is 14.9 Å². The largest absolute Gasteiger partial charge is 0.280 e. The maximum Gasteiger partial charge on any atom is 0.270 e. The third-order valence-electron chi connectivity index (χ3n) is 2.90. The Morgan fingerprint density at radius 3 is 2.57 bits per heavy atom. The fourth-order valence-electron chi connectivity index (χ4n) is 1.58. The van der Waals surface area contributed by atoms with Crippen LogP contribution < -0.4 is 4.72 Å². The standard InChI is InChI=1S/C11H11ClN4O4S/c1-6-7(2)13-14-11(6)15-21(19,20)10-5-8(16(17)18)3-4-9(10)12/h3-5H,1-2H3,(H2,13,14,15). The van der Waals surface area contributed by atoms with Crippen molar-refractivity contribution in [3.05, 3.63) is 44.6 Å². The molecule has 21 heavy (non-hydrogen) atoms. The highest BCUT2D eigenvalue weighted by atomic mass is 35.5. The molecule has 0 aliphatic carbocycles. The van der Waals surface area contributed by atoms with Crippen LogP contribution in [0.4, 0.5) is 11.5 Å². The summed E-state index contributed by atoms with van der Waals surface area (Å²) in [4.78, 5) is 9.67. The van der Waals surface area contributed by atoms with E-state index in [2.05, 4.69) is 14.9 Å². The van der Waals surface area contributed by atoms with Gasteiger partial charge in [-0.2, -0.15) is 5.10 Å². The molecule has 0 aliphatic rings. The SMILES string of the molecule is Cc1[nH]nc(NS(=O)(=O)c2cc([N+](=O)[O-])ccc2Cl)c1C. The molecule has 0 amide bonds. The van der Waals surface area contributed by atoms with Crippen LogP contribution in [0.15, 0.2) is 23.1 Å². The molecule has 10 heteroatoms. The van der Waals surface area contributed by atoms with Gasteiger partial charge in [0.15, 0.2) is 5.82 Å². The number of hydrogen-bond acceptors (Lipinski definition) is 5. The lowest BCUT2D eigenvalue weighted by molar-refractivity contribution is -0.385. The quantitative estimate of drug-likeness (QED) is 0.659. The molecule has 1 aromatic heterocycles. The van der Waals surface area contributed by atoms with Gasteiger partial charge in [-0.1, -0.05) is 11.6 Å². The Kier molecular flexibility index (Phi) is 3.88. The summed E-state index contributed by atoms with van der Waals surface area (Å²) in [6.45, 7) is 3.42. The molecule has 0 saturated heterocycles. The van der Waals surface area contributed by atoms with Gasteiger partial charge in [-0.3, -0.25) is 19.9 Å². The number of aromatic amines is 1. The zero-order chi connectivity index (χ0) is 15.8. The Hall–Kier alpha value is -2.13. The summed E-state index contributed by atoms with van der Waals surface area (Å²) in [5.74, 6) is 0.120. The molecule has 0 saturated carbocycles. The first-order valence-corrected chi connectivity index (χ1v) is 7.57. The Morgan fingerprint density at radius 2 is 2.05 bits per heavy atom. The van der Waals surface area contributed by atoms with Crippen LogP contribution in [0.25, 0.3) is 0 Å². The van der Waals surface area contributed by atoms with Crippen molar-refractivity contribution in [1.29, 1.82) is 0 Å². The number of rotatable bonds is 4. The van der Waals surface area contributed by atoms with Gasteiger partial charge in [-0.25, -0.2) is 8.42 Å². The summed E-state index contributed by atoms with van der Waals surface area (Å²) in [6.07, 6.45) is 0. The number of non-ortho nitro benzene ring substituents is 1. The van der Waals surface area contributed by atoms with Gasteiger partial charge >= 0.3 is 0 Å². The summed E-state index contributed by atoms with van der Waals surface area (Å²) in [7, 11) is -4.08. The number of nitro groups is 1. The Bertz CT molecular complexity index is 816. The number of halogens is 1. The normalized spacial score (nSPS) is 11.4. The molecule has 0 aliphatic heterocycles. The Labute approximate surface area is 125 Å². The van der Waals surface area contributed by atoms with E-state index in [9.17, 15) is 18.5 Å². The summed E-state index contributed by atoms with van der Waals surface area (Å²) in [5.41, 5.74) is 0.965. The number of benzene rings is 1. The van der Waals surface area contributed by atoms with Crippen LogP contribution >= 0.6 is 11.6 Å². The topological polar surface area (TPSA) is 118 Å². The molecule has 0 atom stereocenters. The molecule has 0 spiro atoms. The molecule has 1 aromatic carbocycles. The van der Waals surface area contributed by atoms with Gasteiger partial charge in [0, 0.05) is 23.4 Å². The number of sulfonamides is 1. The molecule has 2 rings (SSSR count). The molecule has 0 radical (unpaired) electrons. The lowest BCUT2D eigenvalue weighted by Crippen LogP contribution is -2.14. The van der Waals surface area contributed by atoms with Gasteiger partial charge in [0.1, 0.15) is 4.90 Å². The number of aryl methyl sites for hydroxylation is 1. The number of nitrogens with one attached hydrogen (secondary N) is 2. The maximum absolute atomic E-state index is 12.3. The average molecular weight is 331 g/mol. The van der Waals surface area contributed by atoms with Crippen LogP contribution in [0.3, 0.4) is 0 Å². The average Bonchev–Trinajstić information content (AvgIpc) is 2.70. The maximum atomic E-state index is 12.3. The zero-order valence-electron chi connectivity index (χ0n) is 11.0. The molecule has 0 bridgehead atoms. The number of H-pyrrole nitrogens is 1. The van der Waals surface area contributed by atoms with Crippen molar-refractivity contribution in [2.75, 3.05) is 4.72 Å². The monoisotopic (exact) mass is 330 g/mol. The van der Waals surface area contributed by atoms with Crippen LogP contribution in [0.5, 0.6) is 0 Å². The summed E-state index contributed by atoms with van der Waals surface area (Å²) in [5, 5.41) is 17.1. The minimum atomic E-state index is -4.08. The highest BCUT2D eigenvalue weighted by Crippen LogP contribution is 2.28. The van der Waals surface area contributed by atoms with E-state index in [1.54, 1.807) is 13.8 Å². The molecule has 2 aromatic rings. The molecule has 8 nitrogen and oxygen atoms in total. The van der Waals surface area contributed by atoms with Crippen LogP contribution in [-0.2, 0) is 10.0 Å². The smallest absolute Gasteiger partial charge is 0.270 e. The van der Waals surface area contributed by atoms with Crippen molar-refractivity contribution in [3.8, 4) is 0 Å². The number of nitrogens with zero attached hydrogens (tertiary/aromatic N) is 2. The lowest BCUT2D eigenvalue weighted by Gasteiger charge is -2.08. The molecular formula is C11H11ClN4O4S. The number of aromatic nitrogens is 2. The third kappa shape index (κ3) is 2.98. The van der Waals surface area contributed by atoms with E-state index in [0.29, 0.717) is 11.3 Å². The number of nitro benzene ring substituents is 1. The molecule has 0 fully saturated rings. The van der Waals surface area contributed by atoms with Crippen molar-refractivity contribution >= 4 is 33.1 Å². The van der Waals surface area contributed by atoms with Crippen LogP contribution in [-0.4, -0.2) is 23.5 Å². The highest BCUT2D eigenvalue weighted by Gasteiger charge is 2.23. The fourth-order valence-corrected chi connectivity index (χ4v) is 3.16. The van der Waals surface area contributed by atoms with Crippen molar-refractivity contribution in [2.24, 2.45) is 0 Å². The minimum absolute atomic E-state index is 0.113. The molecular weight excluding hydrogens is 320 g/mol. The minimum Gasteiger partial charge on any atom is -0.280 e. The van der Waals surface area contributed by atoms with Gasteiger partial charge in [0.2, 0.25) is 0 Å². The first kappa shape index (κ1) is 15.3. The molecule has 2 N–H and O–H groups in total. The zero-order valence-corrected chi connectivity index (χ0v) is 12.6. The predicted octanol–water partition coefficient (Wildman–Crippen LogP) is 2.39. The van der Waals surface area contributed by atoms with Crippen LogP contribution in [0.1, 0.15) is 11.3 Å².